The van der Waals surface area contributed by atoms with E-state index in [1.807, 2.05) is 0 Å². The molecule has 4 nitrogen and oxygen atoms in total. The molecule has 134 valence electrons. The third-order valence-corrected chi connectivity index (χ3v) is 6.40. The highest BCUT2D eigenvalue weighted by atomic mass is 19.1. The fourth-order valence-electron chi connectivity index (χ4n) is 5.89. The van der Waals surface area contributed by atoms with E-state index >= 15 is 0 Å². The highest BCUT2D eigenvalue weighted by Crippen LogP contribution is 2.61. The lowest BCUT2D eigenvalue weighted by molar-refractivity contribution is -0.129. The maximum absolute atomic E-state index is 13.3. The molecule has 0 aromatic heterocycles. The van der Waals surface area contributed by atoms with Crippen molar-refractivity contribution < 1.29 is 14.3 Å². The minimum atomic E-state index is -0.442. The van der Waals surface area contributed by atoms with Gasteiger partial charge in [-0.25, -0.2) is 9.82 Å². The lowest BCUT2D eigenvalue weighted by Crippen LogP contribution is -2.47. The van der Waals surface area contributed by atoms with E-state index in [4.69, 9.17) is 0 Å². The van der Waals surface area contributed by atoms with Gasteiger partial charge in [-0.2, -0.15) is 5.10 Å². The van der Waals surface area contributed by atoms with Crippen molar-refractivity contribution in [3.05, 3.63) is 29.6 Å². The van der Waals surface area contributed by atoms with Gasteiger partial charge in [-0.15, -0.1) is 0 Å². The molecule has 0 heterocycles. The summed E-state index contributed by atoms with van der Waals surface area (Å²) < 4.78 is 13.3. The standard InChI is InChI=1S/C20H25FN2O2/c1-12(17-7-16(21)2-3-18(17)24)22-23-19(25)11-20-8-13-4-14(9-20)6-15(5-13)10-20/h2-3,7,13-15,24H,4-6,8-11H2,1H3,(H,23,25)/b22-12+. The zero-order valence-corrected chi connectivity index (χ0v) is 14.6. The van der Waals surface area contributed by atoms with Gasteiger partial charge in [0, 0.05) is 12.0 Å². The minimum absolute atomic E-state index is 0.0435. The van der Waals surface area contributed by atoms with Gasteiger partial charge < -0.3 is 5.11 Å². The van der Waals surface area contributed by atoms with Crippen LogP contribution in [0.4, 0.5) is 4.39 Å². The SMILES string of the molecule is C/C(=N\NC(=O)CC12CC3CC(CC(C3)C1)C2)c1cc(F)ccc1O. The van der Waals surface area contributed by atoms with Gasteiger partial charge in [-0.1, -0.05) is 0 Å². The number of hydrogen-bond donors (Lipinski definition) is 2. The summed E-state index contributed by atoms with van der Waals surface area (Å²) in [4.78, 5) is 12.5. The Morgan fingerprint density at radius 1 is 1.24 bits per heavy atom. The fourth-order valence-corrected chi connectivity index (χ4v) is 5.89. The van der Waals surface area contributed by atoms with Crippen LogP contribution in [0.5, 0.6) is 5.75 Å². The van der Waals surface area contributed by atoms with Crippen molar-refractivity contribution in [2.24, 2.45) is 28.3 Å². The molecule has 0 spiro atoms. The molecule has 4 bridgehead atoms. The molecule has 2 N–H and O–H groups in total. The summed E-state index contributed by atoms with van der Waals surface area (Å²) in [6.45, 7) is 1.65. The van der Waals surface area contributed by atoms with Crippen LogP contribution in [0.2, 0.25) is 0 Å². The number of rotatable bonds is 4. The molecule has 4 saturated carbocycles. The number of amides is 1. The average molecular weight is 344 g/mol. The van der Waals surface area contributed by atoms with Crippen LogP contribution in [0.3, 0.4) is 0 Å². The number of hydrazone groups is 1. The smallest absolute Gasteiger partial charge is 0.240 e. The molecule has 1 aromatic carbocycles. The van der Waals surface area contributed by atoms with Gasteiger partial charge in [0.1, 0.15) is 11.6 Å². The fraction of sp³-hybridized carbons (Fsp3) is 0.600. The van der Waals surface area contributed by atoms with E-state index in [0.717, 1.165) is 17.8 Å². The monoisotopic (exact) mass is 344 g/mol. The summed E-state index contributed by atoms with van der Waals surface area (Å²) in [5.41, 5.74) is 3.49. The van der Waals surface area contributed by atoms with E-state index in [0.29, 0.717) is 17.7 Å². The van der Waals surface area contributed by atoms with Crippen LogP contribution >= 0.6 is 0 Å². The van der Waals surface area contributed by atoms with E-state index in [1.54, 1.807) is 6.92 Å². The van der Waals surface area contributed by atoms with Crippen LogP contribution in [0.15, 0.2) is 23.3 Å². The summed E-state index contributed by atoms with van der Waals surface area (Å²) >= 11 is 0. The van der Waals surface area contributed by atoms with Gasteiger partial charge >= 0.3 is 0 Å². The molecule has 25 heavy (non-hydrogen) atoms. The number of halogens is 1. The Labute approximate surface area is 147 Å². The highest BCUT2D eigenvalue weighted by molar-refractivity contribution is 6.01. The molecule has 1 amide bonds. The second-order valence-corrected chi connectivity index (χ2v) is 8.49. The molecule has 0 radical (unpaired) electrons. The summed E-state index contributed by atoms with van der Waals surface area (Å²) in [7, 11) is 0. The van der Waals surface area contributed by atoms with Crippen LogP contribution in [-0.4, -0.2) is 16.7 Å². The van der Waals surface area contributed by atoms with E-state index in [9.17, 15) is 14.3 Å². The number of phenols is 1. The normalized spacial score (nSPS) is 33.5. The first kappa shape index (κ1) is 16.6. The molecule has 4 fully saturated rings. The molecule has 1 aromatic rings. The lowest BCUT2D eigenvalue weighted by Gasteiger charge is -2.56. The van der Waals surface area contributed by atoms with Gasteiger partial charge in [0.15, 0.2) is 0 Å². The Bertz CT molecular complexity index is 693. The number of benzene rings is 1. The maximum atomic E-state index is 13.3. The van der Waals surface area contributed by atoms with Crippen LogP contribution in [0.25, 0.3) is 0 Å². The molecule has 0 unspecified atom stereocenters. The third-order valence-electron chi connectivity index (χ3n) is 6.40. The molecule has 5 heteroatoms. The zero-order valence-electron chi connectivity index (χ0n) is 14.6. The van der Waals surface area contributed by atoms with Crippen molar-refractivity contribution in [3.63, 3.8) is 0 Å². The van der Waals surface area contributed by atoms with E-state index in [1.165, 1.54) is 56.7 Å². The first-order valence-electron chi connectivity index (χ1n) is 9.24. The average Bonchev–Trinajstić information content (AvgIpc) is 2.53. The Morgan fingerprint density at radius 2 is 1.84 bits per heavy atom. The van der Waals surface area contributed by atoms with Gasteiger partial charge in [0.25, 0.3) is 0 Å². The van der Waals surface area contributed by atoms with Crippen LogP contribution < -0.4 is 5.43 Å². The van der Waals surface area contributed by atoms with Crippen molar-refractivity contribution in [1.29, 1.82) is 0 Å². The first-order valence-corrected chi connectivity index (χ1v) is 9.24. The van der Waals surface area contributed by atoms with Crippen molar-refractivity contribution in [3.8, 4) is 5.75 Å². The van der Waals surface area contributed by atoms with E-state index in [2.05, 4.69) is 10.5 Å². The molecular weight excluding hydrogens is 319 g/mol. The lowest BCUT2D eigenvalue weighted by atomic mass is 9.49. The minimum Gasteiger partial charge on any atom is -0.507 e. The van der Waals surface area contributed by atoms with Crippen LogP contribution in [0.1, 0.15) is 57.4 Å². The number of nitrogens with one attached hydrogen (secondary N) is 1. The van der Waals surface area contributed by atoms with Crippen molar-refractivity contribution in [1.82, 2.24) is 5.43 Å². The van der Waals surface area contributed by atoms with Gasteiger partial charge in [-0.3, -0.25) is 4.79 Å². The Balaban J connectivity index is 1.42. The van der Waals surface area contributed by atoms with Gasteiger partial charge in [-0.05, 0) is 86.8 Å². The second kappa shape index (κ2) is 6.11. The molecule has 0 aliphatic heterocycles. The molecule has 4 aliphatic rings. The predicted molar refractivity (Wildman–Crippen MR) is 93.6 cm³/mol. The topological polar surface area (TPSA) is 61.7 Å². The summed E-state index contributed by atoms with van der Waals surface area (Å²) in [6, 6.07) is 3.71. The Hall–Kier alpha value is -1.91. The quantitative estimate of drug-likeness (QED) is 0.641. The number of carbonyl (C=O) groups is 1. The highest BCUT2D eigenvalue weighted by Gasteiger charge is 2.51. The Morgan fingerprint density at radius 3 is 2.44 bits per heavy atom. The summed E-state index contributed by atoms with van der Waals surface area (Å²) in [6.07, 6.45) is 8.15. The Kier molecular flexibility index (Phi) is 4.05. The second-order valence-electron chi connectivity index (χ2n) is 8.49. The van der Waals surface area contributed by atoms with Crippen LogP contribution in [-0.2, 0) is 4.79 Å². The molecule has 0 atom stereocenters. The van der Waals surface area contributed by atoms with Crippen molar-refractivity contribution in [2.75, 3.05) is 0 Å². The molecule has 5 rings (SSSR count). The molecular formula is C20H25FN2O2. The largest absolute Gasteiger partial charge is 0.507 e. The number of hydrogen-bond acceptors (Lipinski definition) is 3. The predicted octanol–water partition coefficient (Wildman–Crippen LogP) is 3.98. The first-order chi connectivity index (χ1) is 11.9. The number of carbonyl (C=O) groups excluding carboxylic acids is 1. The number of phenolic OH excluding ortho intramolecular Hbond substituents is 1. The van der Waals surface area contributed by atoms with E-state index < -0.39 is 5.82 Å². The summed E-state index contributed by atoms with van der Waals surface area (Å²) in [5.74, 6) is 1.88. The number of aromatic hydroxyl groups is 1. The van der Waals surface area contributed by atoms with E-state index in [-0.39, 0.29) is 17.1 Å². The van der Waals surface area contributed by atoms with Crippen molar-refractivity contribution in [2.45, 2.75) is 51.9 Å². The summed E-state index contributed by atoms with van der Waals surface area (Å²) in [5, 5.41) is 13.9. The van der Waals surface area contributed by atoms with Crippen molar-refractivity contribution >= 4 is 11.6 Å². The van der Waals surface area contributed by atoms with Crippen LogP contribution in [0, 0.1) is 29.0 Å². The zero-order chi connectivity index (χ0) is 17.6. The van der Waals surface area contributed by atoms with Gasteiger partial charge in [0.05, 0.1) is 5.71 Å². The maximum Gasteiger partial charge on any atom is 0.240 e. The number of nitrogens with zero attached hydrogens (tertiary/aromatic N) is 1. The molecule has 4 aliphatic carbocycles. The van der Waals surface area contributed by atoms with Gasteiger partial charge in [0.2, 0.25) is 5.91 Å². The molecule has 0 saturated heterocycles. The third kappa shape index (κ3) is 3.29.